The lowest BCUT2D eigenvalue weighted by molar-refractivity contribution is -0.126. The predicted octanol–water partition coefficient (Wildman–Crippen LogP) is 1.75. The summed E-state index contributed by atoms with van der Waals surface area (Å²) in [5.74, 6) is 0.374. The maximum absolute atomic E-state index is 11.7. The van der Waals surface area contributed by atoms with Gasteiger partial charge in [-0.05, 0) is 31.7 Å². The largest absolute Gasteiger partial charge is 0.274 e. The molecule has 116 valence electrons. The van der Waals surface area contributed by atoms with Crippen LogP contribution in [-0.2, 0) is 22.4 Å². The fraction of sp³-hybridized carbons (Fsp3) is 0.429. The van der Waals surface area contributed by atoms with Crippen molar-refractivity contribution in [2.24, 2.45) is 0 Å². The highest BCUT2D eigenvalue weighted by molar-refractivity contribution is 8.00. The second-order valence-electron chi connectivity index (χ2n) is 5.13. The van der Waals surface area contributed by atoms with Crippen LogP contribution in [0, 0.1) is 6.92 Å². The smallest absolute Gasteiger partial charge is 0.248 e. The summed E-state index contributed by atoms with van der Waals surface area (Å²) in [6, 6.07) is 0. The van der Waals surface area contributed by atoms with E-state index in [1.807, 2.05) is 6.92 Å². The van der Waals surface area contributed by atoms with E-state index < -0.39 is 0 Å². The lowest BCUT2D eigenvalue weighted by Gasteiger charge is -2.07. The van der Waals surface area contributed by atoms with E-state index in [0.717, 1.165) is 33.9 Å². The van der Waals surface area contributed by atoms with Gasteiger partial charge in [0.2, 0.25) is 11.8 Å². The van der Waals surface area contributed by atoms with Crippen LogP contribution in [0.5, 0.6) is 0 Å². The molecule has 3 rings (SSSR count). The van der Waals surface area contributed by atoms with Crippen molar-refractivity contribution < 1.29 is 9.59 Å². The van der Waals surface area contributed by atoms with Crippen molar-refractivity contribution in [1.29, 1.82) is 0 Å². The number of fused-ring (bicyclic) bond motifs is 3. The number of hydrazine groups is 1. The number of aromatic nitrogens is 2. The quantitative estimate of drug-likeness (QED) is 0.507. The summed E-state index contributed by atoms with van der Waals surface area (Å²) in [6.07, 6.45) is 3.36. The van der Waals surface area contributed by atoms with Gasteiger partial charge in [-0.3, -0.25) is 20.4 Å². The van der Waals surface area contributed by atoms with Gasteiger partial charge < -0.3 is 0 Å². The number of nitrogens with zero attached hydrogens (tertiary/aromatic N) is 2. The van der Waals surface area contributed by atoms with Crippen LogP contribution >= 0.6 is 23.1 Å². The molecule has 8 heteroatoms. The summed E-state index contributed by atoms with van der Waals surface area (Å²) in [5.41, 5.74) is 6.00. The number of hydrogen-bond donors (Lipinski definition) is 2. The van der Waals surface area contributed by atoms with Gasteiger partial charge in [0.25, 0.3) is 0 Å². The monoisotopic (exact) mass is 336 g/mol. The summed E-state index contributed by atoms with van der Waals surface area (Å²) in [6.45, 7) is 3.21. The first-order valence-electron chi connectivity index (χ1n) is 7.01. The van der Waals surface area contributed by atoms with Crippen molar-refractivity contribution in [3.63, 3.8) is 0 Å². The van der Waals surface area contributed by atoms with E-state index in [1.54, 1.807) is 11.3 Å². The molecule has 0 aliphatic heterocycles. The van der Waals surface area contributed by atoms with Crippen LogP contribution in [0.2, 0.25) is 0 Å². The number of aryl methyl sites for hydroxylation is 3. The zero-order valence-electron chi connectivity index (χ0n) is 12.4. The molecule has 2 aromatic rings. The van der Waals surface area contributed by atoms with Gasteiger partial charge in [-0.15, -0.1) is 11.3 Å². The third-order valence-electron chi connectivity index (χ3n) is 3.36. The minimum absolute atomic E-state index is 0.205. The van der Waals surface area contributed by atoms with Crippen LogP contribution in [-0.4, -0.2) is 27.5 Å². The van der Waals surface area contributed by atoms with E-state index in [0.29, 0.717) is 0 Å². The average molecular weight is 336 g/mol. The minimum Gasteiger partial charge on any atom is -0.274 e. The fourth-order valence-electron chi connectivity index (χ4n) is 2.50. The van der Waals surface area contributed by atoms with Gasteiger partial charge in [0.15, 0.2) is 0 Å². The standard InChI is InChI=1S/C14H16N4O2S2/c1-7-15-13(21-6-11(20)18-17-8(2)19)12-9-4-3-5-10(9)22-14(12)16-7/h3-6H2,1-2H3,(H,17,19)(H,18,20). The molecule has 0 saturated carbocycles. The van der Waals surface area contributed by atoms with Gasteiger partial charge in [0, 0.05) is 17.2 Å². The van der Waals surface area contributed by atoms with Crippen molar-refractivity contribution in [3.05, 3.63) is 16.3 Å². The molecule has 0 atom stereocenters. The number of amides is 2. The topological polar surface area (TPSA) is 84.0 Å². The van der Waals surface area contributed by atoms with Gasteiger partial charge >= 0.3 is 0 Å². The van der Waals surface area contributed by atoms with Gasteiger partial charge in [-0.1, -0.05) is 11.8 Å². The van der Waals surface area contributed by atoms with Gasteiger partial charge in [-0.2, -0.15) is 0 Å². The number of nitrogens with one attached hydrogen (secondary N) is 2. The van der Waals surface area contributed by atoms with Crippen molar-refractivity contribution >= 4 is 45.1 Å². The maximum Gasteiger partial charge on any atom is 0.248 e. The maximum atomic E-state index is 11.7. The van der Waals surface area contributed by atoms with Crippen molar-refractivity contribution in [3.8, 4) is 0 Å². The molecule has 0 bridgehead atoms. The number of thiophene rings is 1. The molecule has 0 saturated heterocycles. The second-order valence-corrected chi connectivity index (χ2v) is 7.18. The molecule has 2 N–H and O–H groups in total. The second kappa shape index (κ2) is 6.21. The summed E-state index contributed by atoms with van der Waals surface area (Å²) < 4.78 is 0. The molecule has 1 aliphatic rings. The van der Waals surface area contributed by atoms with Crippen molar-refractivity contribution in [2.75, 3.05) is 5.75 Å². The lowest BCUT2D eigenvalue weighted by Crippen LogP contribution is -2.41. The number of carbonyl (C=O) groups excluding carboxylic acids is 2. The zero-order chi connectivity index (χ0) is 15.7. The van der Waals surface area contributed by atoms with E-state index in [1.165, 1.54) is 35.5 Å². The van der Waals surface area contributed by atoms with Gasteiger partial charge in [0.05, 0.1) is 5.75 Å². The Morgan fingerprint density at radius 1 is 1.27 bits per heavy atom. The lowest BCUT2D eigenvalue weighted by atomic mass is 10.2. The molecule has 2 heterocycles. The molecule has 22 heavy (non-hydrogen) atoms. The van der Waals surface area contributed by atoms with Crippen LogP contribution in [0.15, 0.2) is 5.03 Å². The van der Waals surface area contributed by atoms with Crippen LogP contribution in [0.3, 0.4) is 0 Å². The van der Waals surface area contributed by atoms with E-state index in [9.17, 15) is 9.59 Å². The SMILES string of the molecule is CC(=O)NNC(=O)CSc1nc(C)nc2sc3c(c12)CCC3. The Labute approximate surface area is 136 Å². The Balaban J connectivity index is 1.81. The molecule has 1 aliphatic carbocycles. The molecule has 2 amide bonds. The molecule has 0 fully saturated rings. The zero-order valence-corrected chi connectivity index (χ0v) is 14.0. The third-order valence-corrected chi connectivity index (χ3v) is 5.52. The first kappa shape index (κ1) is 15.2. The molecule has 0 spiro atoms. The highest BCUT2D eigenvalue weighted by atomic mass is 32.2. The van der Waals surface area contributed by atoms with Crippen LogP contribution in [0.25, 0.3) is 10.2 Å². The Morgan fingerprint density at radius 2 is 2.09 bits per heavy atom. The number of thioether (sulfide) groups is 1. The normalized spacial score (nSPS) is 13.2. The molecule has 0 radical (unpaired) electrons. The van der Waals surface area contributed by atoms with Crippen molar-refractivity contribution in [1.82, 2.24) is 20.8 Å². The molecular formula is C14H16N4O2S2. The average Bonchev–Trinajstić information content (AvgIpc) is 3.02. The van der Waals surface area contributed by atoms with Crippen LogP contribution in [0.1, 0.15) is 29.6 Å². The first-order valence-corrected chi connectivity index (χ1v) is 8.82. The summed E-state index contributed by atoms with van der Waals surface area (Å²) in [7, 11) is 0. The highest BCUT2D eigenvalue weighted by Gasteiger charge is 2.22. The molecular weight excluding hydrogens is 320 g/mol. The van der Waals surface area contributed by atoms with Crippen LogP contribution in [0.4, 0.5) is 0 Å². The fourth-order valence-corrected chi connectivity index (χ4v) is 4.77. The van der Waals surface area contributed by atoms with Crippen molar-refractivity contribution in [2.45, 2.75) is 38.1 Å². The summed E-state index contributed by atoms with van der Waals surface area (Å²) in [4.78, 5) is 34.0. The molecule has 0 unspecified atom stereocenters. The van der Waals surface area contributed by atoms with Crippen LogP contribution < -0.4 is 10.9 Å². The van der Waals surface area contributed by atoms with E-state index in [4.69, 9.17) is 0 Å². The molecule has 2 aromatic heterocycles. The molecule has 0 aromatic carbocycles. The highest BCUT2D eigenvalue weighted by Crippen LogP contribution is 2.40. The van der Waals surface area contributed by atoms with E-state index in [-0.39, 0.29) is 17.6 Å². The first-order chi connectivity index (χ1) is 10.5. The Bertz CT molecular complexity index is 757. The third kappa shape index (κ3) is 3.07. The van der Waals surface area contributed by atoms with E-state index >= 15 is 0 Å². The van der Waals surface area contributed by atoms with Gasteiger partial charge in [0.1, 0.15) is 15.7 Å². The Hall–Kier alpha value is -1.67. The summed E-state index contributed by atoms with van der Waals surface area (Å²) in [5, 5.41) is 1.97. The number of hydrogen-bond acceptors (Lipinski definition) is 6. The predicted molar refractivity (Wildman–Crippen MR) is 86.9 cm³/mol. The number of rotatable bonds is 3. The Kier molecular flexibility index (Phi) is 4.30. The minimum atomic E-state index is -0.297. The Morgan fingerprint density at radius 3 is 2.86 bits per heavy atom. The van der Waals surface area contributed by atoms with E-state index in [2.05, 4.69) is 20.8 Å². The van der Waals surface area contributed by atoms with Gasteiger partial charge in [-0.25, -0.2) is 9.97 Å². The summed E-state index contributed by atoms with van der Waals surface area (Å²) >= 11 is 3.13. The molecule has 6 nitrogen and oxygen atoms in total. The number of carbonyl (C=O) groups is 2.